The lowest BCUT2D eigenvalue weighted by Gasteiger charge is -2.13. The second-order valence-corrected chi connectivity index (χ2v) is 6.11. The fraction of sp³-hybridized carbons (Fsp3) is 0.222. The monoisotopic (exact) mass is 390 g/mol. The summed E-state index contributed by atoms with van der Waals surface area (Å²) in [5, 5.41) is 0. The molecule has 0 saturated carbocycles. The van der Waals surface area contributed by atoms with Crippen LogP contribution in [-0.4, -0.2) is 17.9 Å². The lowest BCUT2D eigenvalue weighted by Crippen LogP contribution is -2.41. The molecule has 0 aliphatic heterocycles. The standard InChI is InChI=1S/C18H19BrN2O3/c1-3-12(2)24-14-8-6-7-13(11-14)17(22)20-21-18(23)15-9-4-5-10-16(15)19/h4-12H,3H2,1-2H3,(H,20,22)(H,21,23). The summed E-state index contributed by atoms with van der Waals surface area (Å²) in [4.78, 5) is 24.3. The van der Waals surface area contributed by atoms with Gasteiger partial charge in [-0.25, -0.2) is 0 Å². The predicted octanol–water partition coefficient (Wildman–Crippen LogP) is 3.70. The van der Waals surface area contributed by atoms with Gasteiger partial charge in [-0.3, -0.25) is 20.4 Å². The molecule has 0 spiro atoms. The third-order valence-corrected chi connectivity index (χ3v) is 4.11. The van der Waals surface area contributed by atoms with Crippen molar-refractivity contribution in [2.45, 2.75) is 26.4 Å². The average molecular weight is 391 g/mol. The molecule has 126 valence electrons. The van der Waals surface area contributed by atoms with Crippen molar-refractivity contribution in [2.75, 3.05) is 0 Å². The van der Waals surface area contributed by atoms with E-state index in [2.05, 4.69) is 26.8 Å². The van der Waals surface area contributed by atoms with Gasteiger partial charge in [0.05, 0.1) is 11.7 Å². The molecule has 0 radical (unpaired) electrons. The Hall–Kier alpha value is -2.34. The molecule has 1 atom stereocenters. The van der Waals surface area contributed by atoms with Crippen molar-refractivity contribution in [3.63, 3.8) is 0 Å². The number of amides is 2. The first-order valence-corrected chi connectivity index (χ1v) is 8.42. The molecular formula is C18H19BrN2O3. The molecule has 0 heterocycles. The molecule has 2 rings (SSSR count). The fourth-order valence-electron chi connectivity index (χ4n) is 1.92. The Labute approximate surface area is 149 Å². The summed E-state index contributed by atoms with van der Waals surface area (Å²) in [6.45, 7) is 3.99. The van der Waals surface area contributed by atoms with E-state index in [1.165, 1.54) is 0 Å². The van der Waals surface area contributed by atoms with Gasteiger partial charge in [0.15, 0.2) is 0 Å². The molecule has 0 aromatic heterocycles. The maximum atomic E-state index is 12.2. The van der Waals surface area contributed by atoms with Gasteiger partial charge < -0.3 is 4.74 Å². The van der Waals surface area contributed by atoms with Crippen LogP contribution in [0.5, 0.6) is 5.75 Å². The number of carbonyl (C=O) groups excluding carboxylic acids is 2. The number of hydrogen-bond donors (Lipinski definition) is 2. The van der Waals surface area contributed by atoms with Crippen molar-refractivity contribution >= 4 is 27.7 Å². The lowest BCUT2D eigenvalue weighted by molar-refractivity contribution is 0.0846. The molecule has 2 amide bonds. The highest BCUT2D eigenvalue weighted by Gasteiger charge is 2.12. The van der Waals surface area contributed by atoms with E-state index in [4.69, 9.17) is 4.74 Å². The minimum atomic E-state index is -0.412. The maximum absolute atomic E-state index is 12.2. The quantitative estimate of drug-likeness (QED) is 0.764. The SMILES string of the molecule is CCC(C)Oc1cccc(C(=O)NNC(=O)c2ccccc2Br)c1. The molecule has 0 saturated heterocycles. The Bertz CT molecular complexity index is 734. The van der Waals surface area contributed by atoms with Gasteiger partial charge >= 0.3 is 0 Å². The normalized spacial score (nSPS) is 11.5. The molecule has 5 nitrogen and oxygen atoms in total. The molecule has 2 N–H and O–H groups in total. The maximum Gasteiger partial charge on any atom is 0.270 e. The van der Waals surface area contributed by atoms with E-state index in [1.54, 1.807) is 42.5 Å². The van der Waals surface area contributed by atoms with Gasteiger partial charge in [0.2, 0.25) is 0 Å². The number of benzene rings is 2. The van der Waals surface area contributed by atoms with Gasteiger partial charge in [-0.05, 0) is 59.6 Å². The second kappa shape index (κ2) is 8.49. The summed E-state index contributed by atoms with van der Waals surface area (Å²) in [6.07, 6.45) is 0.941. The minimum Gasteiger partial charge on any atom is -0.491 e. The van der Waals surface area contributed by atoms with Crippen molar-refractivity contribution in [1.82, 2.24) is 10.9 Å². The van der Waals surface area contributed by atoms with Crippen LogP contribution in [0.1, 0.15) is 41.0 Å². The first-order chi connectivity index (χ1) is 11.5. The van der Waals surface area contributed by atoms with E-state index in [-0.39, 0.29) is 6.10 Å². The number of carbonyl (C=O) groups is 2. The zero-order valence-electron chi connectivity index (χ0n) is 13.5. The topological polar surface area (TPSA) is 67.4 Å². The van der Waals surface area contributed by atoms with E-state index in [1.807, 2.05) is 19.9 Å². The Kier molecular flexibility index (Phi) is 6.37. The minimum absolute atomic E-state index is 0.0680. The summed E-state index contributed by atoms with van der Waals surface area (Å²) in [5.74, 6) is -0.193. The van der Waals surface area contributed by atoms with E-state index in [9.17, 15) is 9.59 Å². The first-order valence-electron chi connectivity index (χ1n) is 7.63. The molecule has 0 fully saturated rings. The highest BCUT2D eigenvalue weighted by atomic mass is 79.9. The fourth-order valence-corrected chi connectivity index (χ4v) is 2.39. The Balaban J connectivity index is 1.99. The number of rotatable bonds is 5. The average Bonchev–Trinajstić information content (AvgIpc) is 2.59. The van der Waals surface area contributed by atoms with Crippen LogP contribution in [0.4, 0.5) is 0 Å². The molecule has 0 aliphatic carbocycles. The number of hydrazine groups is 1. The molecule has 2 aromatic carbocycles. The van der Waals surface area contributed by atoms with Gasteiger partial charge in [0.1, 0.15) is 5.75 Å². The Morgan fingerprint density at radius 1 is 1.08 bits per heavy atom. The van der Waals surface area contributed by atoms with Crippen molar-refractivity contribution in [1.29, 1.82) is 0 Å². The van der Waals surface area contributed by atoms with E-state index in [0.717, 1.165) is 6.42 Å². The van der Waals surface area contributed by atoms with E-state index < -0.39 is 11.8 Å². The molecule has 6 heteroatoms. The number of nitrogens with one attached hydrogen (secondary N) is 2. The first kappa shape index (κ1) is 18.0. The molecular weight excluding hydrogens is 372 g/mol. The summed E-state index contributed by atoms with van der Waals surface area (Å²) >= 11 is 3.30. The summed E-state index contributed by atoms with van der Waals surface area (Å²) in [7, 11) is 0. The van der Waals surface area contributed by atoms with Crippen molar-refractivity contribution in [3.05, 3.63) is 64.1 Å². The number of halogens is 1. The van der Waals surface area contributed by atoms with Crippen LogP contribution >= 0.6 is 15.9 Å². The largest absolute Gasteiger partial charge is 0.491 e. The Morgan fingerprint density at radius 2 is 1.79 bits per heavy atom. The molecule has 0 aliphatic rings. The third kappa shape index (κ3) is 4.83. The van der Waals surface area contributed by atoms with Crippen LogP contribution in [-0.2, 0) is 0 Å². The van der Waals surface area contributed by atoms with Crippen LogP contribution in [0.25, 0.3) is 0 Å². The van der Waals surface area contributed by atoms with E-state index >= 15 is 0 Å². The highest BCUT2D eigenvalue weighted by molar-refractivity contribution is 9.10. The molecule has 24 heavy (non-hydrogen) atoms. The smallest absolute Gasteiger partial charge is 0.270 e. The number of ether oxygens (including phenoxy) is 1. The summed E-state index contributed by atoms with van der Waals surface area (Å²) in [5.41, 5.74) is 5.65. The van der Waals surface area contributed by atoms with Gasteiger partial charge in [0, 0.05) is 10.0 Å². The molecule has 0 bridgehead atoms. The van der Waals surface area contributed by atoms with Crippen LogP contribution in [0.2, 0.25) is 0 Å². The third-order valence-electron chi connectivity index (χ3n) is 3.42. The van der Waals surface area contributed by atoms with E-state index in [0.29, 0.717) is 21.3 Å². The van der Waals surface area contributed by atoms with Crippen molar-refractivity contribution in [3.8, 4) is 5.75 Å². The van der Waals surface area contributed by atoms with Gasteiger partial charge in [-0.1, -0.05) is 25.1 Å². The van der Waals surface area contributed by atoms with Crippen LogP contribution in [0, 0.1) is 0 Å². The summed E-state index contributed by atoms with van der Waals surface area (Å²) < 4.78 is 6.34. The van der Waals surface area contributed by atoms with Crippen molar-refractivity contribution in [2.24, 2.45) is 0 Å². The zero-order valence-corrected chi connectivity index (χ0v) is 15.1. The van der Waals surface area contributed by atoms with Gasteiger partial charge in [-0.2, -0.15) is 0 Å². The predicted molar refractivity (Wildman–Crippen MR) is 95.9 cm³/mol. The van der Waals surface area contributed by atoms with Gasteiger partial charge in [-0.15, -0.1) is 0 Å². The second-order valence-electron chi connectivity index (χ2n) is 5.25. The van der Waals surface area contributed by atoms with Crippen LogP contribution in [0.3, 0.4) is 0 Å². The Morgan fingerprint density at radius 3 is 2.50 bits per heavy atom. The number of hydrogen-bond acceptors (Lipinski definition) is 3. The molecule has 2 aromatic rings. The van der Waals surface area contributed by atoms with Gasteiger partial charge in [0.25, 0.3) is 11.8 Å². The van der Waals surface area contributed by atoms with Crippen LogP contribution < -0.4 is 15.6 Å². The zero-order chi connectivity index (χ0) is 17.5. The highest BCUT2D eigenvalue weighted by Crippen LogP contribution is 2.16. The summed E-state index contributed by atoms with van der Waals surface area (Å²) in [6, 6.07) is 13.8. The van der Waals surface area contributed by atoms with Crippen molar-refractivity contribution < 1.29 is 14.3 Å². The lowest BCUT2D eigenvalue weighted by atomic mass is 10.2. The van der Waals surface area contributed by atoms with Crippen LogP contribution in [0.15, 0.2) is 53.0 Å². The molecule has 1 unspecified atom stereocenters.